The second-order valence-electron chi connectivity index (χ2n) is 8.48. The maximum atomic E-state index is 12.9. The number of hydrogen-bond acceptors (Lipinski definition) is 6. The van der Waals surface area contributed by atoms with Gasteiger partial charge in [-0.3, -0.25) is 9.59 Å². The summed E-state index contributed by atoms with van der Waals surface area (Å²) in [4.78, 5) is 42.6. The van der Waals surface area contributed by atoms with Crippen molar-refractivity contribution in [3.8, 4) is 0 Å². The number of carbonyl (C=O) groups is 2. The monoisotopic (exact) mass is 512 g/mol. The average molecular weight is 513 g/mol. The number of nitrogens with one attached hydrogen (secondary N) is 2. The lowest BCUT2D eigenvalue weighted by Crippen LogP contribution is -2.27. The van der Waals surface area contributed by atoms with Crippen LogP contribution in [0, 0.1) is 0 Å². The summed E-state index contributed by atoms with van der Waals surface area (Å²) in [5.41, 5.74) is 2.42. The number of likely N-dealkylation sites (tertiary alicyclic amines) is 1. The van der Waals surface area contributed by atoms with Gasteiger partial charge in [0.2, 0.25) is 0 Å². The number of H-pyrrole nitrogens is 1. The van der Waals surface area contributed by atoms with Crippen molar-refractivity contribution in [1.82, 2.24) is 24.8 Å². The van der Waals surface area contributed by atoms with E-state index >= 15 is 0 Å². The number of aromatic amines is 1. The van der Waals surface area contributed by atoms with E-state index in [1.165, 1.54) is 6.33 Å². The summed E-state index contributed by atoms with van der Waals surface area (Å²) < 4.78 is 0. The van der Waals surface area contributed by atoms with Gasteiger partial charge in [0, 0.05) is 29.9 Å². The number of amides is 1. The van der Waals surface area contributed by atoms with Gasteiger partial charge in [0.05, 0.1) is 33.2 Å². The third-order valence-corrected chi connectivity index (χ3v) is 6.65. The highest BCUT2D eigenvalue weighted by Gasteiger charge is 2.24. The molecule has 2 aromatic heterocycles. The van der Waals surface area contributed by atoms with E-state index in [1.807, 2.05) is 0 Å². The number of imidazole rings is 1. The third-order valence-electron chi connectivity index (χ3n) is 6.10. The fraction of sp³-hybridized carbons (Fsp3) is 0.292. The van der Waals surface area contributed by atoms with E-state index in [9.17, 15) is 14.7 Å². The van der Waals surface area contributed by atoms with Gasteiger partial charge in [0.1, 0.15) is 18.0 Å². The molecule has 0 bridgehead atoms. The Morgan fingerprint density at radius 3 is 2.69 bits per heavy atom. The van der Waals surface area contributed by atoms with Gasteiger partial charge in [-0.1, -0.05) is 23.2 Å². The lowest BCUT2D eigenvalue weighted by Gasteiger charge is -2.19. The summed E-state index contributed by atoms with van der Waals surface area (Å²) in [7, 11) is 0. The van der Waals surface area contributed by atoms with Crippen molar-refractivity contribution in [3.63, 3.8) is 0 Å². The maximum absolute atomic E-state index is 12.9. The first-order valence-corrected chi connectivity index (χ1v) is 12.0. The molecular weight excluding hydrogens is 491 g/mol. The smallest absolute Gasteiger partial charge is 0.303 e. The number of nitrogens with zero attached hydrogens (tertiary/aromatic N) is 4. The molecule has 1 unspecified atom stereocenters. The highest BCUT2D eigenvalue weighted by molar-refractivity contribution is 6.35. The zero-order chi connectivity index (χ0) is 24.5. The number of rotatable bonds is 7. The predicted molar refractivity (Wildman–Crippen MR) is 134 cm³/mol. The molecule has 2 aromatic carbocycles. The van der Waals surface area contributed by atoms with Crippen LogP contribution in [0.3, 0.4) is 0 Å². The molecular formula is C24H22Cl2N6O3. The Bertz CT molecular complexity index is 1430. The second-order valence-corrected chi connectivity index (χ2v) is 9.33. The molecule has 3 N–H and O–H groups in total. The highest BCUT2D eigenvalue weighted by atomic mass is 35.5. The van der Waals surface area contributed by atoms with E-state index in [2.05, 4.69) is 25.3 Å². The molecule has 1 amide bonds. The summed E-state index contributed by atoms with van der Waals surface area (Å²) in [6, 6.07) is 8.18. The molecule has 0 radical (unpaired) electrons. The van der Waals surface area contributed by atoms with Crippen LogP contribution in [0.1, 0.15) is 47.9 Å². The van der Waals surface area contributed by atoms with Gasteiger partial charge in [0.25, 0.3) is 5.91 Å². The van der Waals surface area contributed by atoms with Crippen molar-refractivity contribution in [2.24, 2.45) is 0 Å². The van der Waals surface area contributed by atoms with E-state index < -0.39 is 12.0 Å². The van der Waals surface area contributed by atoms with Crippen LogP contribution in [-0.4, -0.2) is 54.9 Å². The standard InChI is InChI=1S/C24H22Cl2N6O3/c25-13-3-4-17-20(9-13)31-23(29-17)18(5-6-21(33)34)30-22-15-10-16(26)14(11-19(15)27-12-28-22)24(35)32-7-1-2-8-32/h3-4,9-12,18H,1-2,5-8H2,(H,29,31)(H,33,34)(H,27,28,30). The van der Waals surface area contributed by atoms with Crippen LogP contribution < -0.4 is 5.32 Å². The van der Waals surface area contributed by atoms with Crippen molar-refractivity contribution in [2.45, 2.75) is 31.7 Å². The van der Waals surface area contributed by atoms with Crippen LogP contribution in [0.25, 0.3) is 21.9 Å². The Kier molecular flexibility index (Phi) is 6.44. The highest BCUT2D eigenvalue weighted by Crippen LogP contribution is 2.31. The number of halogens is 2. The van der Waals surface area contributed by atoms with E-state index in [4.69, 9.17) is 23.2 Å². The number of anilines is 1. The topological polar surface area (TPSA) is 124 Å². The molecule has 1 fully saturated rings. The van der Waals surface area contributed by atoms with Gasteiger partial charge >= 0.3 is 5.97 Å². The Morgan fingerprint density at radius 2 is 1.91 bits per heavy atom. The number of carboxylic acids is 1. The molecule has 0 spiro atoms. The molecule has 11 heteroatoms. The summed E-state index contributed by atoms with van der Waals surface area (Å²) in [5.74, 6) is -0.00689. The van der Waals surface area contributed by atoms with Gasteiger partial charge in [-0.15, -0.1) is 0 Å². The Balaban J connectivity index is 1.50. The minimum Gasteiger partial charge on any atom is -0.481 e. The SMILES string of the molecule is O=C(O)CCC(Nc1ncnc2cc(C(=O)N3CCCC3)c(Cl)cc12)c1nc2ccc(Cl)cc2[nH]1. The predicted octanol–water partition coefficient (Wildman–Crippen LogP) is 5.07. The Hall–Kier alpha value is -3.43. The van der Waals surface area contributed by atoms with Crippen molar-refractivity contribution in [2.75, 3.05) is 18.4 Å². The molecule has 0 aliphatic carbocycles. The van der Waals surface area contributed by atoms with Gasteiger partial charge in [-0.05, 0) is 49.6 Å². The third kappa shape index (κ3) is 4.87. The van der Waals surface area contributed by atoms with Gasteiger partial charge < -0.3 is 20.3 Å². The van der Waals surface area contributed by atoms with Gasteiger partial charge in [-0.2, -0.15) is 0 Å². The molecule has 1 aliphatic heterocycles. The quantitative estimate of drug-likeness (QED) is 0.315. The first-order valence-electron chi connectivity index (χ1n) is 11.3. The van der Waals surface area contributed by atoms with Gasteiger partial charge in [-0.25, -0.2) is 15.0 Å². The van der Waals surface area contributed by atoms with E-state index in [0.717, 1.165) is 31.4 Å². The van der Waals surface area contributed by atoms with Crippen LogP contribution >= 0.6 is 23.2 Å². The van der Waals surface area contributed by atoms with E-state index in [0.29, 0.717) is 43.7 Å². The summed E-state index contributed by atoms with van der Waals surface area (Å²) in [6.07, 6.45) is 3.55. The average Bonchev–Trinajstić information content (AvgIpc) is 3.51. The molecule has 180 valence electrons. The zero-order valence-corrected chi connectivity index (χ0v) is 20.1. The fourth-order valence-corrected chi connectivity index (χ4v) is 4.74. The molecule has 4 aromatic rings. The summed E-state index contributed by atoms with van der Waals surface area (Å²) >= 11 is 12.6. The molecule has 1 aliphatic rings. The van der Waals surface area contributed by atoms with Crippen LogP contribution in [0.5, 0.6) is 0 Å². The van der Waals surface area contributed by atoms with Crippen LogP contribution in [-0.2, 0) is 4.79 Å². The number of carboxylic acid groups (broad SMARTS) is 1. The molecule has 9 nitrogen and oxygen atoms in total. The molecule has 35 heavy (non-hydrogen) atoms. The molecule has 3 heterocycles. The minimum atomic E-state index is -0.920. The van der Waals surface area contributed by atoms with Gasteiger partial charge in [0.15, 0.2) is 0 Å². The second kappa shape index (κ2) is 9.67. The molecule has 5 rings (SSSR count). The first-order chi connectivity index (χ1) is 16.9. The number of fused-ring (bicyclic) bond motifs is 2. The van der Waals surface area contributed by atoms with Crippen LogP contribution in [0.4, 0.5) is 5.82 Å². The van der Waals surface area contributed by atoms with Crippen LogP contribution in [0.15, 0.2) is 36.7 Å². The van der Waals surface area contributed by atoms with Crippen molar-refractivity contribution in [1.29, 1.82) is 0 Å². The summed E-state index contributed by atoms with van der Waals surface area (Å²) in [5, 5.41) is 14.1. The van der Waals surface area contributed by atoms with E-state index in [-0.39, 0.29) is 18.7 Å². The maximum Gasteiger partial charge on any atom is 0.303 e. The molecule has 1 saturated heterocycles. The number of benzene rings is 2. The van der Waals surface area contributed by atoms with Crippen molar-refractivity contribution in [3.05, 3.63) is 58.1 Å². The lowest BCUT2D eigenvalue weighted by atomic mass is 10.1. The van der Waals surface area contributed by atoms with Crippen LogP contribution in [0.2, 0.25) is 10.0 Å². The number of hydrogen-bond donors (Lipinski definition) is 3. The van der Waals surface area contributed by atoms with Crippen molar-refractivity contribution >= 4 is 62.8 Å². The first kappa shape index (κ1) is 23.3. The largest absolute Gasteiger partial charge is 0.481 e. The van der Waals surface area contributed by atoms with E-state index in [1.54, 1.807) is 35.2 Å². The fourth-order valence-electron chi connectivity index (χ4n) is 4.32. The number of carbonyl (C=O) groups excluding carboxylic acids is 1. The number of aromatic nitrogens is 4. The van der Waals surface area contributed by atoms with Crippen molar-refractivity contribution < 1.29 is 14.7 Å². The zero-order valence-electron chi connectivity index (χ0n) is 18.6. The Labute approximate surface area is 210 Å². The molecule has 0 saturated carbocycles. The molecule has 1 atom stereocenters. The minimum absolute atomic E-state index is 0.0757. The number of aliphatic carboxylic acids is 1. The normalized spacial score (nSPS) is 14.5. The summed E-state index contributed by atoms with van der Waals surface area (Å²) in [6.45, 7) is 1.44. The Morgan fingerprint density at radius 1 is 1.11 bits per heavy atom. The lowest BCUT2D eigenvalue weighted by molar-refractivity contribution is -0.137.